The number of hydrogen-bond acceptors (Lipinski definition) is 3. The number of carbonyl (C=O) groups excluding carboxylic acids is 1. The number of anilines is 1. The lowest BCUT2D eigenvalue weighted by atomic mass is 10.0. The molecular formula is C19H20ClNO3. The van der Waals surface area contributed by atoms with Gasteiger partial charge in [-0.1, -0.05) is 41.9 Å². The van der Waals surface area contributed by atoms with Gasteiger partial charge in [0.15, 0.2) is 6.10 Å². The molecule has 1 aliphatic heterocycles. The summed E-state index contributed by atoms with van der Waals surface area (Å²) in [6.07, 6.45) is -0.575. The second-order valence-corrected chi connectivity index (χ2v) is 6.14. The summed E-state index contributed by atoms with van der Waals surface area (Å²) in [6, 6.07) is 17.0. The molecule has 0 saturated carbocycles. The molecule has 2 atom stereocenters. The minimum absolute atomic E-state index is 0.0941. The van der Waals surface area contributed by atoms with Gasteiger partial charge in [-0.05, 0) is 36.8 Å². The van der Waals surface area contributed by atoms with Crippen molar-refractivity contribution < 1.29 is 14.3 Å². The Balaban J connectivity index is 1.92. The molecule has 0 aromatic heterocycles. The number of carbonyl (C=O) groups is 1. The minimum atomic E-state index is -0.575. The first kappa shape index (κ1) is 17.0. The Hall–Kier alpha value is -1.88. The molecule has 1 heterocycles. The first-order valence-corrected chi connectivity index (χ1v) is 8.37. The van der Waals surface area contributed by atoms with Crippen molar-refractivity contribution in [2.75, 3.05) is 24.7 Å². The van der Waals surface area contributed by atoms with Crippen LogP contribution in [0, 0.1) is 0 Å². The molecule has 24 heavy (non-hydrogen) atoms. The molecule has 5 heteroatoms. The van der Waals surface area contributed by atoms with Crippen molar-refractivity contribution in [1.82, 2.24) is 0 Å². The molecule has 1 amide bonds. The highest BCUT2D eigenvalue weighted by atomic mass is 35.5. The molecular weight excluding hydrogens is 326 g/mol. The summed E-state index contributed by atoms with van der Waals surface area (Å²) < 4.78 is 11.0. The minimum Gasteiger partial charge on any atom is -0.376 e. The highest BCUT2D eigenvalue weighted by Gasteiger charge is 2.32. The molecule has 0 radical (unpaired) electrons. The number of amides is 1. The van der Waals surface area contributed by atoms with Crippen LogP contribution in [-0.2, 0) is 14.3 Å². The normalized spacial score (nSPS) is 18.8. The van der Waals surface area contributed by atoms with Crippen LogP contribution in [0.15, 0.2) is 54.6 Å². The van der Waals surface area contributed by atoms with Crippen LogP contribution in [-0.4, -0.2) is 31.8 Å². The third-order valence-electron chi connectivity index (χ3n) is 4.10. The zero-order valence-corrected chi connectivity index (χ0v) is 14.3. The molecule has 3 rings (SSSR count). The van der Waals surface area contributed by atoms with Crippen molar-refractivity contribution >= 4 is 23.2 Å². The van der Waals surface area contributed by atoms with Crippen LogP contribution in [0.4, 0.5) is 5.69 Å². The van der Waals surface area contributed by atoms with Gasteiger partial charge in [-0.2, -0.15) is 0 Å². The van der Waals surface area contributed by atoms with E-state index in [2.05, 4.69) is 0 Å². The van der Waals surface area contributed by atoms with Gasteiger partial charge in [0.2, 0.25) is 0 Å². The van der Waals surface area contributed by atoms with Crippen molar-refractivity contribution in [3.63, 3.8) is 0 Å². The van der Waals surface area contributed by atoms with Gasteiger partial charge < -0.3 is 14.4 Å². The number of nitrogens with zero attached hydrogens (tertiary/aromatic N) is 1. The van der Waals surface area contributed by atoms with E-state index in [0.29, 0.717) is 18.2 Å². The molecule has 4 nitrogen and oxygen atoms in total. The molecule has 1 saturated heterocycles. The predicted molar refractivity (Wildman–Crippen MR) is 94.4 cm³/mol. The van der Waals surface area contributed by atoms with Crippen LogP contribution in [0.3, 0.4) is 0 Å². The SMILES string of the molecule is C[C@H](c1ccc(Cl)cc1)N(C(=O)[C@H]1COCCO1)c1ccccc1. The van der Waals surface area contributed by atoms with E-state index in [1.807, 2.05) is 61.5 Å². The van der Waals surface area contributed by atoms with E-state index in [4.69, 9.17) is 21.1 Å². The van der Waals surface area contributed by atoms with Gasteiger partial charge in [-0.25, -0.2) is 0 Å². The van der Waals surface area contributed by atoms with Gasteiger partial charge in [0, 0.05) is 10.7 Å². The lowest BCUT2D eigenvalue weighted by molar-refractivity contribution is -0.145. The van der Waals surface area contributed by atoms with E-state index in [1.165, 1.54) is 0 Å². The van der Waals surface area contributed by atoms with Gasteiger partial charge in [0.1, 0.15) is 0 Å². The van der Waals surface area contributed by atoms with Crippen LogP contribution >= 0.6 is 11.6 Å². The molecule has 0 aliphatic carbocycles. The molecule has 1 aliphatic rings. The zero-order chi connectivity index (χ0) is 16.9. The summed E-state index contributed by atoms with van der Waals surface area (Å²) in [5, 5.41) is 0.674. The van der Waals surface area contributed by atoms with Crippen LogP contribution < -0.4 is 4.90 Å². The van der Waals surface area contributed by atoms with Crippen molar-refractivity contribution in [1.29, 1.82) is 0 Å². The summed E-state index contributed by atoms with van der Waals surface area (Å²) in [5.41, 5.74) is 1.84. The summed E-state index contributed by atoms with van der Waals surface area (Å²) >= 11 is 5.98. The highest BCUT2D eigenvalue weighted by Crippen LogP contribution is 2.29. The molecule has 1 fully saturated rings. The molecule has 0 unspecified atom stereocenters. The molecule has 2 aromatic rings. The Labute approximate surface area is 146 Å². The van der Waals surface area contributed by atoms with E-state index < -0.39 is 6.10 Å². The van der Waals surface area contributed by atoms with E-state index in [0.717, 1.165) is 11.3 Å². The van der Waals surface area contributed by atoms with Gasteiger partial charge in [-0.3, -0.25) is 4.79 Å². The largest absolute Gasteiger partial charge is 0.376 e. The summed E-state index contributed by atoms with van der Waals surface area (Å²) in [4.78, 5) is 14.8. The zero-order valence-electron chi connectivity index (χ0n) is 13.5. The Kier molecular flexibility index (Phi) is 5.51. The van der Waals surface area contributed by atoms with Crippen molar-refractivity contribution in [2.24, 2.45) is 0 Å². The lowest BCUT2D eigenvalue weighted by Crippen LogP contribution is -2.46. The maximum atomic E-state index is 13.1. The third kappa shape index (κ3) is 3.78. The van der Waals surface area contributed by atoms with E-state index >= 15 is 0 Å². The van der Waals surface area contributed by atoms with Gasteiger partial charge >= 0.3 is 0 Å². The lowest BCUT2D eigenvalue weighted by Gasteiger charge is -2.34. The van der Waals surface area contributed by atoms with Gasteiger partial charge in [0.25, 0.3) is 5.91 Å². The van der Waals surface area contributed by atoms with E-state index in [-0.39, 0.29) is 18.6 Å². The van der Waals surface area contributed by atoms with Crippen molar-refractivity contribution in [3.8, 4) is 0 Å². The molecule has 0 bridgehead atoms. The molecule has 0 spiro atoms. The number of hydrogen-bond donors (Lipinski definition) is 0. The fraction of sp³-hybridized carbons (Fsp3) is 0.316. The van der Waals surface area contributed by atoms with Crippen molar-refractivity contribution in [2.45, 2.75) is 19.1 Å². The van der Waals surface area contributed by atoms with Crippen LogP contribution in [0.1, 0.15) is 18.5 Å². The van der Waals surface area contributed by atoms with Crippen LogP contribution in [0.2, 0.25) is 5.02 Å². The molecule has 0 N–H and O–H groups in total. The number of para-hydroxylation sites is 1. The molecule has 2 aromatic carbocycles. The average molecular weight is 346 g/mol. The topological polar surface area (TPSA) is 38.8 Å². The summed E-state index contributed by atoms with van der Waals surface area (Å²) in [5.74, 6) is -0.0941. The number of benzene rings is 2. The number of ether oxygens (including phenoxy) is 2. The first-order valence-electron chi connectivity index (χ1n) is 8.00. The van der Waals surface area contributed by atoms with Crippen LogP contribution in [0.25, 0.3) is 0 Å². The standard InChI is InChI=1S/C19H20ClNO3/c1-14(15-7-9-16(20)10-8-15)21(17-5-3-2-4-6-17)19(22)18-13-23-11-12-24-18/h2-10,14,18H,11-13H2,1H3/t14-,18-/m1/s1. The second kappa shape index (κ2) is 7.79. The monoisotopic (exact) mass is 345 g/mol. The summed E-state index contributed by atoms with van der Waals surface area (Å²) in [6.45, 7) is 3.25. The summed E-state index contributed by atoms with van der Waals surface area (Å²) in [7, 11) is 0. The Bertz CT molecular complexity index is 669. The van der Waals surface area contributed by atoms with Crippen LogP contribution in [0.5, 0.6) is 0 Å². The second-order valence-electron chi connectivity index (χ2n) is 5.71. The third-order valence-corrected chi connectivity index (χ3v) is 4.35. The maximum Gasteiger partial charge on any atom is 0.259 e. The predicted octanol–water partition coefficient (Wildman–Crippen LogP) is 3.85. The average Bonchev–Trinajstić information content (AvgIpc) is 2.64. The Morgan fingerprint density at radius 1 is 1.12 bits per heavy atom. The smallest absolute Gasteiger partial charge is 0.259 e. The highest BCUT2D eigenvalue weighted by molar-refractivity contribution is 6.30. The van der Waals surface area contributed by atoms with Gasteiger partial charge in [-0.15, -0.1) is 0 Å². The molecule has 126 valence electrons. The van der Waals surface area contributed by atoms with E-state index in [9.17, 15) is 4.79 Å². The Morgan fingerprint density at radius 2 is 1.83 bits per heavy atom. The number of halogens is 1. The fourth-order valence-corrected chi connectivity index (χ4v) is 2.93. The number of rotatable bonds is 4. The van der Waals surface area contributed by atoms with E-state index in [1.54, 1.807) is 4.90 Å². The maximum absolute atomic E-state index is 13.1. The quantitative estimate of drug-likeness (QED) is 0.844. The first-order chi connectivity index (χ1) is 11.7. The van der Waals surface area contributed by atoms with Crippen molar-refractivity contribution in [3.05, 3.63) is 65.2 Å². The Morgan fingerprint density at radius 3 is 2.46 bits per heavy atom. The van der Waals surface area contributed by atoms with Gasteiger partial charge in [0.05, 0.1) is 25.9 Å². The fourth-order valence-electron chi connectivity index (χ4n) is 2.81.